The van der Waals surface area contributed by atoms with Crippen LogP contribution in [0.2, 0.25) is 0 Å². The summed E-state index contributed by atoms with van der Waals surface area (Å²) < 4.78 is 0. The third-order valence-electron chi connectivity index (χ3n) is 2.55. The second-order valence-electron chi connectivity index (χ2n) is 3.57. The molecule has 2 amide bonds. The van der Waals surface area contributed by atoms with Crippen LogP contribution in [0.3, 0.4) is 0 Å². The molecule has 2 rings (SSSR count). The highest BCUT2D eigenvalue weighted by atomic mass is 32.1. The second kappa shape index (κ2) is 3.62. The Morgan fingerprint density at radius 2 is 2.13 bits per heavy atom. The van der Waals surface area contributed by atoms with Crippen molar-refractivity contribution in [3.8, 4) is 0 Å². The summed E-state index contributed by atoms with van der Waals surface area (Å²) in [5, 5.41) is 3.90. The van der Waals surface area contributed by atoms with E-state index in [1.807, 2.05) is 23.8 Å². The van der Waals surface area contributed by atoms with Gasteiger partial charge in [-0.2, -0.15) is 11.3 Å². The summed E-state index contributed by atoms with van der Waals surface area (Å²) in [4.78, 5) is 24.6. The molecule has 0 aliphatic carbocycles. The molecule has 15 heavy (non-hydrogen) atoms. The quantitative estimate of drug-likeness (QED) is 0.717. The lowest BCUT2D eigenvalue weighted by Gasteiger charge is -2.21. The largest absolute Gasteiger partial charge is 0.269 e. The van der Waals surface area contributed by atoms with Crippen LogP contribution >= 0.6 is 11.3 Å². The molecule has 0 saturated carbocycles. The molecule has 0 bridgehead atoms. The van der Waals surface area contributed by atoms with E-state index < -0.39 is 0 Å². The highest BCUT2D eigenvalue weighted by Gasteiger charge is 2.32. The van der Waals surface area contributed by atoms with Crippen LogP contribution in [0.15, 0.2) is 28.5 Å². The topological polar surface area (TPSA) is 37.4 Å². The van der Waals surface area contributed by atoms with Crippen LogP contribution in [0.25, 0.3) is 0 Å². The van der Waals surface area contributed by atoms with E-state index in [0.29, 0.717) is 5.57 Å². The molecule has 3 nitrogen and oxygen atoms in total. The maximum absolute atomic E-state index is 11.7. The first kappa shape index (κ1) is 10.1. The zero-order chi connectivity index (χ0) is 11.0. The van der Waals surface area contributed by atoms with Crippen molar-refractivity contribution in [1.29, 1.82) is 0 Å². The molecule has 0 unspecified atom stereocenters. The molecule has 1 aliphatic rings. The molecule has 0 N–H and O–H groups in total. The fourth-order valence-electron chi connectivity index (χ4n) is 1.64. The van der Waals surface area contributed by atoms with E-state index in [9.17, 15) is 9.59 Å². The lowest BCUT2D eigenvalue weighted by molar-refractivity contribution is -0.139. The first-order valence-electron chi connectivity index (χ1n) is 4.69. The van der Waals surface area contributed by atoms with Crippen LogP contribution in [0.5, 0.6) is 0 Å². The number of imide groups is 1. The van der Waals surface area contributed by atoms with Crippen molar-refractivity contribution in [1.82, 2.24) is 4.90 Å². The Balaban J connectivity index is 2.27. The molecule has 1 aromatic heterocycles. The van der Waals surface area contributed by atoms with Gasteiger partial charge < -0.3 is 0 Å². The first-order chi connectivity index (χ1) is 7.11. The van der Waals surface area contributed by atoms with E-state index in [4.69, 9.17) is 0 Å². The molecular weight excluding hydrogens is 210 g/mol. The Morgan fingerprint density at radius 3 is 2.60 bits per heavy atom. The predicted octanol–water partition coefficient (Wildman–Crippen LogP) is 2.12. The van der Waals surface area contributed by atoms with Crippen molar-refractivity contribution >= 4 is 23.2 Å². The average Bonchev–Trinajstić information content (AvgIpc) is 2.76. The zero-order valence-corrected chi connectivity index (χ0v) is 9.38. The van der Waals surface area contributed by atoms with Gasteiger partial charge in [0.15, 0.2) is 0 Å². The number of nitrogens with zero attached hydrogens (tertiary/aromatic N) is 1. The summed E-state index contributed by atoms with van der Waals surface area (Å²) in [6.45, 7) is 3.53. The van der Waals surface area contributed by atoms with E-state index in [1.54, 1.807) is 18.3 Å². The molecule has 4 heteroatoms. The van der Waals surface area contributed by atoms with Gasteiger partial charge in [-0.1, -0.05) is 0 Å². The van der Waals surface area contributed by atoms with Crippen molar-refractivity contribution in [2.45, 2.75) is 19.9 Å². The molecule has 0 fully saturated rings. The molecule has 2 heterocycles. The van der Waals surface area contributed by atoms with Crippen LogP contribution in [0.4, 0.5) is 0 Å². The number of hydrogen-bond acceptors (Lipinski definition) is 3. The highest BCUT2D eigenvalue weighted by Crippen LogP contribution is 2.27. The van der Waals surface area contributed by atoms with Crippen LogP contribution in [-0.2, 0) is 9.59 Å². The Morgan fingerprint density at radius 1 is 1.40 bits per heavy atom. The Bertz CT molecular complexity index is 433. The van der Waals surface area contributed by atoms with Crippen LogP contribution in [0.1, 0.15) is 25.5 Å². The van der Waals surface area contributed by atoms with Gasteiger partial charge in [-0.05, 0) is 36.2 Å². The summed E-state index contributed by atoms with van der Waals surface area (Å²) in [5.41, 5.74) is 1.52. The molecule has 0 spiro atoms. The van der Waals surface area contributed by atoms with Crippen LogP contribution in [-0.4, -0.2) is 16.7 Å². The standard InChI is InChI=1S/C11H11NO2S/c1-7-5-10(13)12(11(7)14)8(2)9-3-4-15-6-9/h3-6,8H,1-2H3/t8-/m0/s1. The SMILES string of the molecule is CC1=CC(=O)N([C@@H](C)c2ccsc2)C1=O. The Hall–Kier alpha value is -1.42. The minimum atomic E-state index is -0.212. The smallest absolute Gasteiger partial charge is 0.257 e. The first-order valence-corrected chi connectivity index (χ1v) is 5.63. The van der Waals surface area contributed by atoms with Gasteiger partial charge in [0.2, 0.25) is 0 Å². The van der Waals surface area contributed by atoms with Gasteiger partial charge in [0.1, 0.15) is 0 Å². The van der Waals surface area contributed by atoms with Crippen molar-refractivity contribution in [2.75, 3.05) is 0 Å². The molecule has 1 aliphatic heterocycles. The van der Waals surface area contributed by atoms with Crippen LogP contribution < -0.4 is 0 Å². The van der Waals surface area contributed by atoms with Gasteiger partial charge in [0.25, 0.3) is 11.8 Å². The summed E-state index contributed by atoms with van der Waals surface area (Å²) >= 11 is 1.56. The van der Waals surface area contributed by atoms with E-state index in [-0.39, 0.29) is 17.9 Å². The Kier molecular flexibility index (Phi) is 2.44. The normalized spacial score (nSPS) is 18.3. The number of hydrogen-bond donors (Lipinski definition) is 0. The average molecular weight is 221 g/mol. The number of amides is 2. The Labute approximate surface area is 92.0 Å². The minimum absolute atomic E-state index is 0.176. The summed E-state index contributed by atoms with van der Waals surface area (Å²) in [5.74, 6) is -0.394. The fourth-order valence-corrected chi connectivity index (χ4v) is 2.38. The maximum Gasteiger partial charge on any atom is 0.257 e. The highest BCUT2D eigenvalue weighted by molar-refractivity contribution is 7.08. The minimum Gasteiger partial charge on any atom is -0.269 e. The molecule has 1 atom stereocenters. The molecule has 1 aromatic rings. The van der Waals surface area contributed by atoms with Gasteiger partial charge in [0, 0.05) is 11.6 Å². The van der Waals surface area contributed by atoms with Gasteiger partial charge in [-0.25, -0.2) is 0 Å². The van der Waals surface area contributed by atoms with E-state index in [0.717, 1.165) is 5.56 Å². The lowest BCUT2D eigenvalue weighted by Crippen LogP contribution is -2.33. The summed E-state index contributed by atoms with van der Waals surface area (Å²) in [6.07, 6.45) is 1.39. The predicted molar refractivity (Wildman–Crippen MR) is 58.3 cm³/mol. The van der Waals surface area contributed by atoms with Crippen molar-refractivity contribution in [2.24, 2.45) is 0 Å². The van der Waals surface area contributed by atoms with Crippen molar-refractivity contribution < 1.29 is 9.59 Å². The number of rotatable bonds is 2. The van der Waals surface area contributed by atoms with Gasteiger partial charge in [-0.3, -0.25) is 14.5 Å². The molecule has 0 radical (unpaired) electrons. The van der Waals surface area contributed by atoms with Gasteiger partial charge in [-0.15, -0.1) is 0 Å². The van der Waals surface area contributed by atoms with Crippen molar-refractivity contribution in [3.05, 3.63) is 34.0 Å². The lowest BCUT2D eigenvalue weighted by atomic mass is 10.1. The number of carbonyl (C=O) groups excluding carboxylic acids is 2. The zero-order valence-electron chi connectivity index (χ0n) is 8.56. The van der Waals surface area contributed by atoms with E-state index in [1.165, 1.54) is 11.0 Å². The molecular formula is C11H11NO2S. The maximum atomic E-state index is 11.7. The van der Waals surface area contributed by atoms with E-state index in [2.05, 4.69) is 0 Å². The monoisotopic (exact) mass is 221 g/mol. The molecule has 0 saturated heterocycles. The third kappa shape index (κ3) is 1.61. The summed E-state index contributed by atoms with van der Waals surface area (Å²) in [7, 11) is 0. The number of thiophene rings is 1. The summed E-state index contributed by atoms with van der Waals surface area (Å²) in [6, 6.07) is 1.76. The second-order valence-corrected chi connectivity index (χ2v) is 4.35. The van der Waals surface area contributed by atoms with Gasteiger partial charge >= 0.3 is 0 Å². The third-order valence-corrected chi connectivity index (χ3v) is 3.25. The van der Waals surface area contributed by atoms with Crippen LogP contribution in [0, 0.1) is 0 Å². The number of carbonyl (C=O) groups is 2. The van der Waals surface area contributed by atoms with Gasteiger partial charge in [0.05, 0.1) is 6.04 Å². The molecule has 0 aromatic carbocycles. The van der Waals surface area contributed by atoms with E-state index >= 15 is 0 Å². The molecule has 78 valence electrons. The van der Waals surface area contributed by atoms with Crippen molar-refractivity contribution in [3.63, 3.8) is 0 Å². The fraction of sp³-hybridized carbons (Fsp3) is 0.273.